The van der Waals surface area contributed by atoms with Crippen molar-refractivity contribution in [2.45, 2.75) is 13.5 Å². The fraction of sp³-hybridized carbons (Fsp3) is 0.0833. The summed E-state index contributed by atoms with van der Waals surface area (Å²) in [5.41, 5.74) is 3.73. The van der Waals surface area contributed by atoms with Crippen molar-refractivity contribution < 1.29 is 4.79 Å². The Morgan fingerprint density at radius 1 is 1.06 bits per heavy atom. The molecule has 4 aromatic rings. The maximum Gasteiger partial charge on any atom is 0.250 e. The molecule has 0 atom stereocenters. The van der Waals surface area contributed by atoms with Crippen LogP contribution in [0.3, 0.4) is 0 Å². The molecular formula is C24H21N5O2. The number of amides is 1. The van der Waals surface area contributed by atoms with Crippen molar-refractivity contribution >= 4 is 17.7 Å². The van der Waals surface area contributed by atoms with E-state index in [0.29, 0.717) is 12.2 Å². The Bertz CT molecular complexity index is 1270. The summed E-state index contributed by atoms with van der Waals surface area (Å²) in [4.78, 5) is 28.4. The van der Waals surface area contributed by atoms with Gasteiger partial charge in [-0.05, 0) is 43.3 Å². The van der Waals surface area contributed by atoms with Crippen LogP contribution in [0.2, 0.25) is 0 Å². The first-order valence-electron chi connectivity index (χ1n) is 9.89. The highest BCUT2D eigenvalue weighted by Crippen LogP contribution is 2.24. The van der Waals surface area contributed by atoms with Gasteiger partial charge in [0.15, 0.2) is 0 Å². The Balaban J connectivity index is 1.62. The summed E-state index contributed by atoms with van der Waals surface area (Å²) in [6, 6.07) is 16.6. The van der Waals surface area contributed by atoms with Gasteiger partial charge in [-0.3, -0.25) is 14.6 Å². The third-order valence-corrected chi connectivity index (χ3v) is 4.70. The number of benzene rings is 1. The largest absolute Gasteiger partial charge is 0.321 e. The number of hydrogen-bond acceptors (Lipinski definition) is 4. The number of hydrogen-bond donors (Lipinski definition) is 1. The summed E-state index contributed by atoms with van der Waals surface area (Å²) in [6.45, 7) is 2.41. The van der Waals surface area contributed by atoms with E-state index in [1.165, 1.54) is 16.7 Å². The van der Waals surface area contributed by atoms with Crippen LogP contribution in [-0.4, -0.2) is 25.2 Å². The predicted molar refractivity (Wildman–Crippen MR) is 121 cm³/mol. The normalized spacial score (nSPS) is 11.0. The van der Waals surface area contributed by atoms with Crippen molar-refractivity contribution in [3.63, 3.8) is 0 Å². The Hall–Kier alpha value is -4.26. The van der Waals surface area contributed by atoms with Gasteiger partial charge in [-0.25, -0.2) is 4.68 Å². The molecule has 1 amide bonds. The number of carbonyl (C=O) groups excluding carboxylic acids is 1. The van der Waals surface area contributed by atoms with Crippen LogP contribution in [0.25, 0.3) is 23.0 Å². The van der Waals surface area contributed by atoms with Gasteiger partial charge in [0.05, 0.1) is 11.4 Å². The van der Waals surface area contributed by atoms with Crippen molar-refractivity contribution in [3.05, 3.63) is 101 Å². The fourth-order valence-electron chi connectivity index (χ4n) is 3.15. The summed E-state index contributed by atoms with van der Waals surface area (Å²) >= 11 is 0. The van der Waals surface area contributed by atoms with Crippen LogP contribution in [-0.2, 0) is 11.3 Å². The van der Waals surface area contributed by atoms with Crippen molar-refractivity contribution in [2.75, 3.05) is 5.32 Å². The first-order valence-corrected chi connectivity index (χ1v) is 9.89. The molecule has 0 aliphatic rings. The van der Waals surface area contributed by atoms with Gasteiger partial charge in [0.2, 0.25) is 5.91 Å². The number of rotatable bonds is 6. The zero-order chi connectivity index (χ0) is 21.6. The second-order valence-corrected chi connectivity index (χ2v) is 6.82. The molecule has 1 N–H and O–H groups in total. The minimum Gasteiger partial charge on any atom is -0.321 e. The van der Waals surface area contributed by atoms with E-state index in [9.17, 15) is 9.59 Å². The number of nitrogens with one attached hydrogen (secondary N) is 1. The number of carbonyl (C=O) groups is 1. The summed E-state index contributed by atoms with van der Waals surface area (Å²) in [5, 5.41) is 7.49. The van der Waals surface area contributed by atoms with Gasteiger partial charge in [0.25, 0.3) is 5.56 Å². The molecule has 0 unspecified atom stereocenters. The Kier molecular flexibility index (Phi) is 5.84. The van der Waals surface area contributed by atoms with Crippen molar-refractivity contribution in [3.8, 4) is 16.9 Å². The minimum atomic E-state index is -0.300. The number of aromatic nitrogens is 4. The van der Waals surface area contributed by atoms with Crippen molar-refractivity contribution in [1.82, 2.24) is 19.3 Å². The monoisotopic (exact) mass is 411 g/mol. The zero-order valence-electron chi connectivity index (χ0n) is 17.0. The van der Waals surface area contributed by atoms with Crippen LogP contribution < -0.4 is 10.9 Å². The van der Waals surface area contributed by atoms with Crippen LogP contribution >= 0.6 is 0 Å². The quantitative estimate of drug-likeness (QED) is 0.490. The molecule has 0 spiro atoms. The Morgan fingerprint density at radius 2 is 1.90 bits per heavy atom. The second-order valence-electron chi connectivity index (χ2n) is 6.82. The van der Waals surface area contributed by atoms with E-state index in [1.807, 2.05) is 55.6 Å². The molecule has 154 valence electrons. The van der Waals surface area contributed by atoms with Gasteiger partial charge in [0, 0.05) is 54.6 Å². The molecule has 7 heteroatoms. The predicted octanol–water partition coefficient (Wildman–Crippen LogP) is 3.77. The highest BCUT2D eigenvalue weighted by molar-refractivity contribution is 6.02. The third-order valence-electron chi connectivity index (χ3n) is 4.70. The smallest absolute Gasteiger partial charge is 0.250 e. The van der Waals surface area contributed by atoms with E-state index < -0.39 is 0 Å². The average Bonchev–Trinajstić information content (AvgIpc) is 3.24. The molecule has 0 aliphatic heterocycles. The van der Waals surface area contributed by atoms with E-state index in [0.717, 1.165) is 22.5 Å². The lowest BCUT2D eigenvalue weighted by molar-refractivity contribution is -0.111. The lowest BCUT2D eigenvalue weighted by Crippen LogP contribution is -2.19. The van der Waals surface area contributed by atoms with E-state index in [1.54, 1.807) is 35.4 Å². The zero-order valence-corrected chi connectivity index (χ0v) is 17.0. The molecule has 3 heterocycles. The molecule has 31 heavy (non-hydrogen) atoms. The SMILES string of the molecule is CCn1cc(NC(=O)/C=C/c2cn(-c3ccccc3)nc2-c2cccnc2)ccc1=O. The fourth-order valence-corrected chi connectivity index (χ4v) is 3.15. The highest BCUT2D eigenvalue weighted by atomic mass is 16.1. The summed E-state index contributed by atoms with van der Waals surface area (Å²) in [5.74, 6) is -0.300. The number of anilines is 1. The van der Waals surface area contributed by atoms with Gasteiger partial charge in [-0.1, -0.05) is 18.2 Å². The third kappa shape index (κ3) is 4.67. The van der Waals surface area contributed by atoms with Crippen LogP contribution in [0.5, 0.6) is 0 Å². The second kappa shape index (κ2) is 9.04. The van der Waals surface area contributed by atoms with Crippen LogP contribution in [0.15, 0.2) is 90.3 Å². The topological polar surface area (TPSA) is 81.8 Å². The number of para-hydroxylation sites is 1. The molecule has 3 aromatic heterocycles. The van der Waals surface area contributed by atoms with E-state index in [2.05, 4.69) is 10.3 Å². The Morgan fingerprint density at radius 3 is 2.65 bits per heavy atom. The van der Waals surface area contributed by atoms with Crippen molar-refractivity contribution in [1.29, 1.82) is 0 Å². The average molecular weight is 411 g/mol. The van der Waals surface area contributed by atoms with Gasteiger partial charge in [-0.15, -0.1) is 0 Å². The molecule has 0 radical (unpaired) electrons. The van der Waals surface area contributed by atoms with Gasteiger partial charge < -0.3 is 9.88 Å². The van der Waals surface area contributed by atoms with E-state index in [-0.39, 0.29) is 11.5 Å². The highest BCUT2D eigenvalue weighted by Gasteiger charge is 2.11. The van der Waals surface area contributed by atoms with Crippen LogP contribution in [0, 0.1) is 0 Å². The number of aryl methyl sites for hydroxylation is 1. The summed E-state index contributed by atoms with van der Waals surface area (Å²) in [6.07, 6.45) is 10.1. The summed E-state index contributed by atoms with van der Waals surface area (Å²) < 4.78 is 3.31. The molecule has 0 aliphatic carbocycles. The maximum absolute atomic E-state index is 12.5. The minimum absolute atomic E-state index is 0.106. The molecule has 4 rings (SSSR count). The lowest BCUT2D eigenvalue weighted by atomic mass is 10.1. The molecule has 0 saturated heterocycles. The Labute approximate surface area is 179 Å². The van der Waals surface area contributed by atoms with Gasteiger partial charge in [-0.2, -0.15) is 5.10 Å². The standard InChI is InChI=1S/C24H21N5O2/c1-2-28-17-20(11-13-23(28)31)26-22(30)12-10-19-16-29(21-8-4-3-5-9-21)27-24(19)18-7-6-14-25-15-18/h3-17H,2H2,1H3,(H,26,30)/b12-10+. The first kappa shape index (κ1) is 20.0. The molecular weight excluding hydrogens is 390 g/mol. The first-order chi connectivity index (χ1) is 15.1. The van der Waals surface area contributed by atoms with Crippen LogP contribution in [0.1, 0.15) is 12.5 Å². The summed E-state index contributed by atoms with van der Waals surface area (Å²) in [7, 11) is 0. The molecule has 0 saturated carbocycles. The molecule has 1 aromatic carbocycles. The number of pyridine rings is 2. The van der Waals surface area contributed by atoms with Crippen molar-refractivity contribution in [2.24, 2.45) is 0 Å². The van der Waals surface area contributed by atoms with Crippen LogP contribution in [0.4, 0.5) is 5.69 Å². The number of nitrogens with zero attached hydrogens (tertiary/aromatic N) is 4. The van der Waals surface area contributed by atoms with Gasteiger partial charge in [0.1, 0.15) is 5.69 Å². The molecule has 0 fully saturated rings. The van der Waals surface area contributed by atoms with E-state index >= 15 is 0 Å². The van der Waals surface area contributed by atoms with Gasteiger partial charge >= 0.3 is 0 Å². The maximum atomic E-state index is 12.5. The molecule has 0 bridgehead atoms. The van der Waals surface area contributed by atoms with E-state index in [4.69, 9.17) is 5.10 Å². The molecule has 7 nitrogen and oxygen atoms in total. The lowest BCUT2D eigenvalue weighted by Gasteiger charge is -2.06.